The number of rotatable bonds is 7. The van der Waals surface area contributed by atoms with Crippen LogP contribution in [0.5, 0.6) is 0 Å². The molecule has 0 bridgehead atoms. The zero-order valence-corrected chi connectivity index (χ0v) is 11.5. The minimum Gasteiger partial charge on any atom is -0.357 e. The van der Waals surface area contributed by atoms with Crippen molar-refractivity contribution in [1.29, 1.82) is 0 Å². The molecule has 1 N–H and O–H groups in total. The van der Waals surface area contributed by atoms with Gasteiger partial charge in [0, 0.05) is 19.6 Å². The normalized spacial score (nSPS) is 10.9. The largest absolute Gasteiger partial charge is 0.357 e. The van der Waals surface area contributed by atoms with Gasteiger partial charge in [0.1, 0.15) is 5.82 Å². The van der Waals surface area contributed by atoms with Gasteiger partial charge in [0.15, 0.2) is 0 Å². The van der Waals surface area contributed by atoms with Crippen molar-refractivity contribution >= 4 is 5.82 Å². The summed E-state index contributed by atoms with van der Waals surface area (Å²) >= 11 is 0. The van der Waals surface area contributed by atoms with Gasteiger partial charge < -0.3 is 10.2 Å². The Kier molecular flexibility index (Phi) is 5.98. The lowest BCUT2D eigenvalue weighted by atomic mass is 10.1. The molecule has 0 amide bonds. The summed E-state index contributed by atoms with van der Waals surface area (Å²) in [6.45, 7) is 8.40. The van der Waals surface area contributed by atoms with E-state index in [4.69, 9.17) is 4.98 Å². The van der Waals surface area contributed by atoms with Crippen molar-refractivity contribution < 1.29 is 0 Å². The van der Waals surface area contributed by atoms with Gasteiger partial charge in [-0.2, -0.15) is 0 Å². The van der Waals surface area contributed by atoms with Crippen LogP contribution in [0.1, 0.15) is 39.3 Å². The van der Waals surface area contributed by atoms with Crippen LogP contribution in [-0.2, 0) is 6.54 Å². The SMILES string of the molecule is CCNCc1cccc(N(C)C(CC)CC)n1. The summed E-state index contributed by atoms with van der Waals surface area (Å²) in [5.41, 5.74) is 1.11. The van der Waals surface area contributed by atoms with Crippen molar-refractivity contribution in [3.63, 3.8) is 0 Å². The molecule has 1 aromatic heterocycles. The number of hydrogen-bond acceptors (Lipinski definition) is 3. The Morgan fingerprint density at radius 2 is 1.94 bits per heavy atom. The molecule has 0 aromatic carbocycles. The first-order valence-corrected chi connectivity index (χ1v) is 6.62. The molecule has 0 aliphatic rings. The van der Waals surface area contributed by atoms with Crippen LogP contribution >= 0.6 is 0 Å². The third kappa shape index (κ3) is 4.00. The second-order valence-corrected chi connectivity index (χ2v) is 4.35. The summed E-state index contributed by atoms with van der Waals surface area (Å²) in [6, 6.07) is 6.84. The van der Waals surface area contributed by atoms with Gasteiger partial charge in [-0.25, -0.2) is 4.98 Å². The highest BCUT2D eigenvalue weighted by Gasteiger charge is 2.12. The van der Waals surface area contributed by atoms with Gasteiger partial charge in [-0.15, -0.1) is 0 Å². The highest BCUT2D eigenvalue weighted by atomic mass is 15.2. The van der Waals surface area contributed by atoms with E-state index in [1.54, 1.807) is 0 Å². The van der Waals surface area contributed by atoms with Crippen molar-refractivity contribution in [1.82, 2.24) is 10.3 Å². The van der Waals surface area contributed by atoms with Gasteiger partial charge in [0.05, 0.1) is 5.69 Å². The number of nitrogens with zero attached hydrogens (tertiary/aromatic N) is 2. The smallest absolute Gasteiger partial charge is 0.128 e. The molecule has 0 saturated carbocycles. The Morgan fingerprint density at radius 3 is 2.53 bits per heavy atom. The fraction of sp³-hybridized carbons (Fsp3) is 0.643. The summed E-state index contributed by atoms with van der Waals surface area (Å²) < 4.78 is 0. The molecule has 17 heavy (non-hydrogen) atoms. The predicted octanol–water partition coefficient (Wildman–Crippen LogP) is 2.82. The van der Waals surface area contributed by atoms with Gasteiger partial charge in [-0.3, -0.25) is 0 Å². The molecule has 1 aromatic rings. The van der Waals surface area contributed by atoms with E-state index >= 15 is 0 Å². The zero-order chi connectivity index (χ0) is 12.7. The molecular weight excluding hydrogens is 210 g/mol. The fourth-order valence-electron chi connectivity index (χ4n) is 2.04. The first kappa shape index (κ1) is 14.0. The second kappa shape index (κ2) is 7.28. The Morgan fingerprint density at radius 1 is 1.24 bits per heavy atom. The fourth-order valence-corrected chi connectivity index (χ4v) is 2.04. The Labute approximate surface area is 105 Å². The third-order valence-electron chi connectivity index (χ3n) is 3.20. The Balaban J connectivity index is 2.75. The second-order valence-electron chi connectivity index (χ2n) is 4.35. The molecule has 0 atom stereocenters. The molecule has 0 aliphatic heterocycles. The molecule has 1 rings (SSSR count). The minimum atomic E-state index is 0.580. The number of aromatic nitrogens is 1. The average molecular weight is 235 g/mol. The van der Waals surface area contributed by atoms with E-state index in [0.29, 0.717) is 6.04 Å². The topological polar surface area (TPSA) is 28.2 Å². The van der Waals surface area contributed by atoms with Crippen molar-refractivity contribution in [3.8, 4) is 0 Å². The summed E-state index contributed by atoms with van der Waals surface area (Å²) in [5, 5.41) is 3.31. The van der Waals surface area contributed by atoms with E-state index < -0.39 is 0 Å². The molecule has 3 nitrogen and oxygen atoms in total. The van der Waals surface area contributed by atoms with Crippen LogP contribution in [0.15, 0.2) is 18.2 Å². The summed E-state index contributed by atoms with van der Waals surface area (Å²) in [4.78, 5) is 6.98. The van der Waals surface area contributed by atoms with Crippen LogP contribution in [0.3, 0.4) is 0 Å². The van der Waals surface area contributed by atoms with Crippen LogP contribution in [-0.4, -0.2) is 24.6 Å². The van der Waals surface area contributed by atoms with Crippen molar-refractivity contribution in [2.24, 2.45) is 0 Å². The average Bonchev–Trinajstić information content (AvgIpc) is 2.38. The first-order valence-electron chi connectivity index (χ1n) is 6.62. The van der Waals surface area contributed by atoms with Crippen molar-refractivity contribution in [2.45, 2.75) is 46.2 Å². The highest BCUT2D eigenvalue weighted by Crippen LogP contribution is 2.16. The van der Waals surface area contributed by atoms with Gasteiger partial charge in [0.2, 0.25) is 0 Å². The predicted molar refractivity (Wildman–Crippen MR) is 74.4 cm³/mol. The maximum Gasteiger partial charge on any atom is 0.128 e. The lowest BCUT2D eigenvalue weighted by Crippen LogP contribution is -2.31. The van der Waals surface area contributed by atoms with Gasteiger partial charge in [-0.1, -0.05) is 26.8 Å². The Hall–Kier alpha value is -1.09. The summed E-state index contributed by atoms with van der Waals surface area (Å²) in [7, 11) is 2.14. The quantitative estimate of drug-likeness (QED) is 0.787. The van der Waals surface area contributed by atoms with Crippen LogP contribution in [0.2, 0.25) is 0 Å². The highest BCUT2D eigenvalue weighted by molar-refractivity contribution is 5.39. The van der Waals surface area contributed by atoms with E-state index in [-0.39, 0.29) is 0 Å². The lowest BCUT2D eigenvalue weighted by Gasteiger charge is -2.27. The van der Waals surface area contributed by atoms with E-state index in [0.717, 1.165) is 37.4 Å². The molecular formula is C14H25N3. The van der Waals surface area contributed by atoms with E-state index in [1.807, 2.05) is 0 Å². The standard InChI is InChI=1S/C14H25N3/c1-5-13(6-2)17(4)14-10-8-9-12(16-14)11-15-7-3/h8-10,13,15H,5-7,11H2,1-4H3. The molecule has 0 saturated heterocycles. The molecule has 1 heterocycles. The van der Waals surface area contributed by atoms with Gasteiger partial charge >= 0.3 is 0 Å². The lowest BCUT2D eigenvalue weighted by molar-refractivity contribution is 0.585. The van der Waals surface area contributed by atoms with Crippen LogP contribution in [0.25, 0.3) is 0 Å². The van der Waals surface area contributed by atoms with Crippen molar-refractivity contribution in [2.75, 3.05) is 18.5 Å². The molecule has 0 unspecified atom stereocenters. The number of anilines is 1. The third-order valence-corrected chi connectivity index (χ3v) is 3.20. The molecule has 96 valence electrons. The summed E-state index contributed by atoms with van der Waals surface area (Å²) in [5.74, 6) is 1.08. The molecule has 0 spiro atoms. The monoisotopic (exact) mass is 235 g/mol. The molecule has 3 heteroatoms. The Bertz CT molecular complexity index is 321. The molecule has 0 radical (unpaired) electrons. The van der Waals surface area contributed by atoms with E-state index in [9.17, 15) is 0 Å². The van der Waals surface area contributed by atoms with Crippen molar-refractivity contribution in [3.05, 3.63) is 23.9 Å². The number of nitrogens with one attached hydrogen (secondary N) is 1. The van der Waals surface area contributed by atoms with Crippen LogP contribution < -0.4 is 10.2 Å². The molecule has 0 aliphatic carbocycles. The minimum absolute atomic E-state index is 0.580. The van der Waals surface area contributed by atoms with E-state index in [1.165, 1.54) is 0 Å². The number of hydrogen-bond donors (Lipinski definition) is 1. The van der Waals surface area contributed by atoms with Gasteiger partial charge in [-0.05, 0) is 31.5 Å². The zero-order valence-electron chi connectivity index (χ0n) is 11.5. The number of pyridine rings is 1. The summed E-state index contributed by atoms with van der Waals surface area (Å²) in [6.07, 6.45) is 2.32. The maximum atomic E-state index is 4.69. The van der Waals surface area contributed by atoms with Gasteiger partial charge in [0.25, 0.3) is 0 Å². The van der Waals surface area contributed by atoms with E-state index in [2.05, 4.69) is 56.2 Å². The molecule has 0 fully saturated rings. The maximum absolute atomic E-state index is 4.69. The van der Waals surface area contributed by atoms with Crippen LogP contribution in [0.4, 0.5) is 5.82 Å². The van der Waals surface area contributed by atoms with Crippen LogP contribution in [0, 0.1) is 0 Å². The first-order chi connectivity index (χ1) is 8.22.